The highest BCUT2D eigenvalue weighted by molar-refractivity contribution is 7.80. The van der Waals surface area contributed by atoms with E-state index in [1.165, 1.54) is 12.1 Å². The standard InChI is InChI=1S/C13H15F3N2OS/c14-13(15,16)11-2-1-9(5-10(11)12(17)20)18-4-3-8(6-18)7-19/h1-2,5,8,19H,3-4,6-7H2,(H2,17,20). The van der Waals surface area contributed by atoms with Gasteiger partial charge in [-0.05, 0) is 24.6 Å². The predicted molar refractivity (Wildman–Crippen MR) is 74.7 cm³/mol. The molecule has 3 N–H and O–H groups in total. The fraction of sp³-hybridized carbons (Fsp3) is 0.462. The van der Waals surface area contributed by atoms with E-state index >= 15 is 0 Å². The molecule has 1 aromatic rings. The summed E-state index contributed by atoms with van der Waals surface area (Å²) in [5.74, 6) is 0.158. The van der Waals surface area contributed by atoms with Gasteiger partial charge in [0.05, 0.1) is 5.56 Å². The van der Waals surface area contributed by atoms with E-state index in [0.717, 1.165) is 12.5 Å². The molecule has 1 aromatic carbocycles. The van der Waals surface area contributed by atoms with E-state index in [4.69, 9.17) is 23.1 Å². The van der Waals surface area contributed by atoms with Gasteiger partial charge in [0.1, 0.15) is 4.99 Å². The van der Waals surface area contributed by atoms with Crippen LogP contribution in [0.15, 0.2) is 18.2 Å². The summed E-state index contributed by atoms with van der Waals surface area (Å²) < 4.78 is 38.6. The first-order valence-electron chi connectivity index (χ1n) is 6.19. The number of thiocarbonyl (C=S) groups is 1. The molecule has 1 saturated heterocycles. The van der Waals surface area contributed by atoms with Gasteiger partial charge in [-0.1, -0.05) is 12.2 Å². The van der Waals surface area contributed by atoms with E-state index in [1.807, 2.05) is 4.90 Å². The highest BCUT2D eigenvalue weighted by Gasteiger charge is 2.34. The van der Waals surface area contributed by atoms with Crippen molar-refractivity contribution in [1.82, 2.24) is 0 Å². The Morgan fingerprint density at radius 2 is 2.15 bits per heavy atom. The molecule has 0 aliphatic carbocycles. The molecule has 1 unspecified atom stereocenters. The van der Waals surface area contributed by atoms with E-state index < -0.39 is 11.7 Å². The first kappa shape index (κ1) is 15.1. The van der Waals surface area contributed by atoms with Gasteiger partial charge in [0, 0.05) is 36.9 Å². The molecule has 3 nitrogen and oxygen atoms in total. The van der Waals surface area contributed by atoms with Gasteiger partial charge in [-0.15, -0.1) is 0 Å². The van der Waals surface area contributed by atoms with Crippen molar-refractivity contribution in [2.75, 3.05) is 24.6 Å². The number of halogens is 3. The molecule has 0 saturated carbocycles. The summed E-state index contributed by atoms with van der Waals surface area (Å²) in [7, 11) is 0. The molecule has 1 aliphatic rings. The van der Waals surface area contributed by atoms with Crippen LogP contribution in [0.2, 0.25) is 0 Å². The van der Waals surface area contributed by atoms with Crippen LogP contribution >= 0.6 is 12.2 Å². The van der Waals surface area contributed by atoms with Gasteiger partial charge < -0.3 is 15.7 Å². The lowest BCUT2D eigenvalue weighted by molar-refractivity contribution is -0.137. The number of nitrogens with two attached hydrogens (primary N) is 1. The fourth-order valence-electron chi connectivity index (χ4n) is 2.40. The van der Waals surface area contributed by atoms with Crippen molar-refractivity contribution in [2.45, 2.75) is 12.6 Å². The number of rotatable bonds is 3. The first-order valence-corrected chi connectivity index (χ1v) is 6.60. The van der Waals surface area contributed by atoms with Crippen LogP contribution < -0.4 is 10.6 Å². The number of nitrogens with zero attached hydrogens (tertiary/aromatic N) is 1. The highest BCUT2D eigenvalue weighted by atomic mass is 32.1. The summed E-state index contributed by atoms with van der Waals surface area (Å²) in [6.45, 7) is 1.41. The average Bonchev–Trinajstić information content (AvgIpc) is 2.85. The Hall–Kier alpha value is -1.34. The van der Waals surface area contributed by atoms with Crippen LogP contribution in [0.5, 0.6) is 0 Å². The van der Waals surface area contributed by atoms with Gasteiger partial charge in [0.25, 0.3) is 0 Å². The van der Waals surface area contributed by atoms with E-state index in [-0.39, 0.29) is 23.1 Å². The van der Waals surface area contributed by atoms with Crippen molar-refractivity contribution in [3.05, 3.63) is 29.3 Å². The molecule has 1 atom stereocenters. The average molecular weight is 304 g/mol. The minimum absolute atomic E-state index is 0.0826. The summed E-state index contributed by atoms with van der Waals surface area (Å²) in [5, 5.41) is 9.11. The second kappa shape index (κ2) is 5.57. The van der Waals surface area contributed by atoms with E-state index in [1.54, 1.807) is 0 Å². The molecule has 0 amide bonds. The van der Waals surface area contributed by atoms with Crippen molar-refractivity contribution in [1.29, 1.82) is 0 Å². The molecule has 0 aromatic heterocycles. The van der Waals surface area contributed by atoms with Crippen molar-refractivity contribution < 1.29 is 18.3 Å². The normalized spacial score (nSPS) is 19.4. The topological polar surface area (TPSA) is 49.5 Å². The Labute approximate surface area is 120 Å². The summed E-state index contributed by atoms with van der Waals surface area (Å²) in [6, 6.07) is 3.81. The van der Waals surface area contributed by atoms with Gasteiger partial charge in [-0.25, -0.2) is 0 Å². The monoisotopic (exact) mass is 304 g/mol. The zero-order valence-corrected chi connectivity index (χ0v) is 11.5. The molecule has 0 radical (unpaired) electrons. The molecule has 0 spiro atoms. The third kappa shape index (κ3) is 3.04. The van der Waals surface area contributed by atoms with Crippen LogP contribution in [0.3, 0.4) is 0 Å². The number of hydrogen-bond acceptors (Lipinski definition) is 3. The quantitative estimate of drug-likeness (QED) is 0.840. The fourth-order valence-corrected chi connectivity index (χ4v) is 2.57. The first-order chi connectivity index (χ1) is 9.32. The smallest absolute Gasteiger partial charge is 0.396 e. The lowest BCUT2D eigenvalue weighted by Gasteiger charge is -2.21. The largest absolute Gasteiger partial charge is 0.417 e. The molecule has 7 heteroatoms. The van der Waals surface area contributed by atoms with Crippen molar-refractivity contribution >= 4 is 22.9 Å². The van der Waals surface area contributed by atoms with Gasteiger partial charge in [0.15, 0.2) is 0 Å². The highest BCUT2D eigenvalue weighted by Crippen LogP contribution is 2.35. The molecule has 2 rings (SSSR count). The molecular weight excluding hydrogens is 289 g/mol. The molecular formula is C13H15F3N2OS. The lowest BCUT2D eigenvalue weighted by atomic mass is 10.1. The molecule has 0 bridgehead atoms. The zero-order chi connectivity index (χ0) is 14.9. The minimum Gasteiger partial charge on any atom is -0.396 e. The van der Waals surface area contributed by atoms with Crippen LogP contribution in [-0.2, 0) is 6.18 Å². The molecule has 20 heavy (non-hydrogen) atoms. The Balaban J connectivity index is 2.34. The van der Waals surface area contributed by atoms with Crippen molar-refractivity contribution in [3.8, 4) is 0 Å². The van der Waals surface area contributed by atoms with Crippen LogP contribution in [0, 0.1) is 5.92 Å². The SMILES string of the molecule is NC(=S)c1cc(N2CCC(CO)C2)ccc1C(F)(F)F. The number of aliphatic hydroxyl groups is 1. The molecule has 1 heterocycles. The summed E-state index contributed by atoms with van der Waals surface area (Å²) >= 11 is 4.72. The van der Waals surface area contributed by atoms with Crippen LogP contribution in [0.1, 0.15) is 17.5 Å². The van der Waals surface area contributed by atoms with Gasteiger partial charge in [0.2, 0.25) is 0 Å². The van der Waals surface area contributed by atoms with Gasteiger partial charge in [-0.3, -0.25) is 0 Å². The van der Waals surface area contributed by atoms with Gasteiger partial charge >= 0.3 is 6.18 Å². The third-order valence-corrected chi connectivity index (χ3v) is 3.70. The number of aliphatic hydroxyl groups excluding tert-OH is 1. The Bertz CT molecular complexity index is 519. The van der Waals surface area contributed by atoms with Crippen molar-refractivity contribution in [2.24, 2.45) is 11.7 Å². The van der Waals surface area contributed by atoms with Crippen LogP contribution in [-0.4, -0.2) is 29.8 Å². The van der Waals surface area contributed by atoms with Gasteiger partial charge in [-0.2, -0.15) is 13.2 Å². The molecule has 1 aliphatic heterocycles. The maximum absolute atomic E-state index is 12.9. The minimum atomic E-state index is -4.48. The predicted octanol–water partition coefficient (Wildman–Crippen LogP) is 2.16. The maximum atomic E-state index is 12.9. The Morgan fingerprint density at radius 1 is 1.45 bits per heavy atom. The second-order valence-electron chi connectivity index (χ2n) is 4.88. The summed E-state index contributed by atoms with van der Waals surface area (Å²) in [4.78, 5) is 1.67. The van der Waals surface area contributed by atoms with E-state index in [9.17, 15) is 13.2 Å². The zero-order valence-electron chi connectivity index (χ0n) is 10.7. The molecule has 110 valence electrons. The number of hydrogen-bond donors (Lipinski definition) is 2. The Kier molecular flexibility index (Phi) is 4.19. The van der Waals surface area contributed by atoms with Crippen LogP contribution in [0.25, 0.3) is 0 Å². The maximum Gasteiger partial charge on any atom is 0.417 e. The third-order valence-electron chi connectivity index (χ3n) is 3.48. The number of anilines is 1. The number of benzene rings is 1. The Morgan fingerprint density at radius 3 is 2.65 bits per heavy atom. The lowest BCUT2D eigenvalue weighted by Crippen LogP contribution is -2.23. The number of alkyl halides is 3. The van der Waals surface area contributed by atoms with E-state index in [0.29, 0.717) is 18.8 Å². The second-order valence-corrected chi connectivity index (χ2v) is 5.32. The van der Waals surface area contributed by atoms with Crippen molar-refractivity contribution in [3.63, 3.8) is 0 Å². The molecule has 1 fully saturated rings. The summed E-state index contributed by atoms with van der Waals surface area (Å²) in [6.07, 6.45) is -3.66. The van der Waals surface area contributed by atoms with Crippen LogP contribution in [0.4, 0.5) is 18.9 Å². The van der Waals surface area contributed by atoms with E-state index in [2.05, 4.69) is 0 Å². The summed E-state index contributed by atoms with van der Waals surface area (Å²) in [5.41, 5.74) is 5.09.